The summed E-state index contributed by atoms with van der Waals surface area (Å²) in [5.41, 5.74) is 0.903. The SMILES string of the molecule is Cc1ccc(S(=O)(=O)NC(=O)c2nc(Cl)c(Cl)[nH]2)cc1. The van der Waals surface area contributed by atoms with Gasteiger partial charge >= 0.3 is 5.91 Å². The van der Waals surface area contributed by atoms with Gasteiger partial charge in [-0.15, -0.1) is 0 Å². The molecule has 1 amide bonds. The Labute approximate surface area is 125 Å². The van der Waals surface area contributed by atoms with E-state index in [0.29, 0.717) is 0 Å². The van der Waals surface area contributed by atoms with Gasteiger partial charge in [-0.3, -0.25) is 4.79 Å². The molecule has 0 radical (unpaired) electrons. The first-order valence-corrected chi connectivity index (χ1v) is 7.58. The largest absolute Gasteiger partial charge is 0.324 e. The first-order valence-electron chi connectivity index (χ1n) is 5.34. The standard InChI is InChI=1S/C11H9Cl2N3O3S/c1-6-2-4-7(5-3-6)20(18,19)16-11(17)10-14-8(12)9(13)15-10/h2-5H,1H3,(H,14,15)(H,16,17). The number of hydrogen-bond donors (Lipinski definition) is 2. The van der Waals surface area contributed by atoms with Gasteiger partial charge in [0.1, 0.15) is 5.15 Å². The van der Waals surface area contributed by atoms with Crippen molar-refractivity contribution in [1.82, 2.24) is 14.7 Å². The van der Waals surface area contributed by atoms with Crippen LogP contribution < -0.4 is 4.72 Å². The van der Waals surface area contributed by atoms with Gasteiger partial charge in [-0.2, -0.15) is 0 Å². The molecule has 1 aromatic carbocycles. The minimum Gasteiger partial charge on any atom is -0.324 e. The lowest BCUT2D eigenvalue weighted by molar-refractivity contribution is 0.0972. The number of hydrogen-bond acceptors (Lipinski definition) is 4. The van der Waals surface area contributed by atoms with Gasteiger partial charge in [-0.1, -0.05) is 40.9 Å². The smallest absolute Gasteiger partial charge is 0.300 e. The number of nitrogens with one attached hydrogen (secondary N) is 2. The van der Waals surface area contributed by atoms with E-state index in [2.05, 4.69) is 9.97 Å². The fourth-order valence-electron chi connectivity index (χ4n) is 1.38. The van der Waals surface area contributed by atoms with Gasteiger partial charge in [0, 0.05) is 0 Å². The van der Waals surface area contributed by atoms with E-state index in [-0.39, 0.29) is 21.0 Å². The van der Waals surface area contributed by atoms with Crippen molar-refractivity contribution in [3.8, 4) is 0 Å². The van der Waals surface area contributed by atoms with E-state index in [1.165, 1.54) is 12.1 Å². The van der Waals surface area contributed by atoms with Gasteiger partial charge in [0.15, 0.2) is 11.0 Å². The molecule has 2 aromatic rings. The van der Waals surface area contributed by atoms with Gasteiger partial charge in [-0.25, -0.2) is 18.1 Å². The molecule has 1 heterocycles. The van der Waals surface area contributed by atoms with E-state index in [9.17, 15) is 13.2 Å². The molecule has 0 unspecified atom stereocenters. The number of carbonyl (C=O) groups is 1. The van der Waals surface area contributed by atoms with E-state index in [0.717, 1.165) is 5.56 Å². The summed E-state index contributed by atoms with van der Waals surface area (Å²) in [6.07, 6.45) is 0. The number of aromatic amines is 1. The van der Waals surface area contributed by atoms with Crippen LogP contribution in [0.5, 0.6) is 0 Å². The summed E-state index contributed by atoms with van der Waals surface area (Å²) >= 11 is 11.2. The molecule has 2 N–H and O–H groups in total. The Bertz CT molecular complexity index is 734. The molecular formula is C11H9Cl2N3O3S. The van der Waals surface area contributed by atoms with Crippen molar-refractivity contribution in [2.75, 3.05) is 0 Å². The van der Waals surface area contributed by atoms with Crippen LogP contribution in [0.4, 0.5) is 0 Å². The van der Waals surface area contributed by atoms with Crippen LogP contribution in [-0.2, 0) is 10.0 Å². The number of halogens is 2. The molecular weight excluding hydrogens is 325 g/mol. The van der Waals surface area contributed by atoms with Crippen molar-refractivity contribution in [3.63, 3.8) is 0 Å². The zero-order valence-electron chi connectivity index (χ0n) is 10.1. The van der Waals surface area contributed by atoms with Crippen LogP contribution in [0.2, 0.25) is 10.3 Å². The number of imidazole rings is 1. The number of rotatable bonds is 3. The summed E-state index contributed by atoms with van der Waals surface area (Å²) in [5.74, 6) is -1.23. The minimum absolute atomic E-state index is 0.0276. The lowest BCUT2D eigenvalue weighted by Gasteiger charge is -2.05. The maximum atomic E-state index is 12.0. The highest BCUT2D eigenvalue weighted by molar-refractivity contribution is 7.90. The molecule has 0 saturated carbocycles. The van der Waals surface area contributed by atoms with Crippen molar-refractivity contribution in [2.45, 2.75) is 11.8 Å². The first kappa shape index (κ1) is 14.8. The van der Waals surface area contributed by atoms with Crippen molar-refractivity contribution in [3.05, 3.63) is 46.0 Å². The van der Waals surface area contributed by atoms with Crippen molar-refractivity contribution in [2.24, 2.45) is 0 Å². The Balaban J connectivity index is 2.24. The summed E-state index contributed by atoms with van der Waals surface area (Å²) < 4.78 is 25.8. The number of amides is 1. The molecule has 9 heteroatoms. The lowest BCUT2D eigenvalue weighted by Crippen LogP contribution is -2.31. The molecule has 0 atom stereocenters. The van der Waals surface area contributed by atoms with E-state index >= 15 is 0 Å². The lowest BCUT2D eigenvalue weighted by atomic mass is 10.2. The molecule has 0 fully saturated rings. The Morgan fingerprint density at radius 3 is 2.35 bits per heavy atom. The Hall–Kier alpha value is -1.57. The predicted octanol–water partition coefficient (Wildman–Crippen LogP) is 2.14. The van der Waals surface area contributed by atoms with Gasteiger partial charge in [0.05, 0.1) is 4.90 Å². The Morgan fingerprint density at radius 1 is 1.25 bits per heavy atom. The zero-order valence-corrected chi connectivity index (χ0v) is 12.5. The summed E-state index contributed by atoms with van der Waals surface area (Å²) in [4.78, 5) is 17.7. The average Bonchev–Trinajstić information content (AvgIpc) is 2.70. The summed E-state index contributed by atoms with van der Waals surface area (Å²) in [5, 5.41) is -0.144. The molecule has 20 heavy (non-hydrogen) atoms. The second kappa shape index (κ2) is 5.43. The molecule has 6 nitrogen and oxygen atoms in total. The third-order valence-electron chi connectivity index (χ3n) is 2.39. The quantitative estimate of drug-likeness (QED) is 0.900. The van der Waals surface area contributed by atoms with Gasteiger partial charge in [0.2, 0.25) is 0 Å². The maximum Gasteiger partial charge on any atom is 0.300 e. The predicted molar refractivity (Wildman–Crippen MR) is 74.4 cm³/mol. The van der Waals surface area contributed by atoms with Crippen molar-refractivity contribution < 1.29 is 13.2 Å². The number of benzene rings is 1. The van der Waals surface area contributed by atoms with Crippen LogP contribution in [0.15, 0.2) is 29.2 Å². The fourth-order valence-corrected chi connectivity index (χ4v) is 2.60. The van der Waals surface area contributed by atoms with Crippen LogP contribution in [0.1, 0.15) is 16.2 Å². The molecule has 106 valence electrons. The van der Waals surface area contributed by atoms with Gasteiger partial charge < -0.3 is 4.98 Å². The summed E-state index contributed by atoms with van der Waals surface area (Å²) in [7, 11) is -3.97. The average molecular weight is 334 g/mol. The van der Waals surface area contributed by atoms with Gasteiger partial charge in [0.25, 0.3) is 10.0 Å². The third-order valence-corrected chi connectivity index (χ3v) is 4.38. The highest BCUT2D eigenvalue weighted by Gasteiger charge is 2.21. The Morgan fingerprint density at radius 2 is 1.85 bits per heavy atom. The molecule has 0 bridgehead atoms. The number of aryl methyl sites for hydroxylation is 1. The number of nitrogens with zero attached hydrogens (tertiary/aromatic N) is 1. The topological polar surface area (TPSA) is 91.9 Å². The summed E-state index contributed by atoms with van der Waals surface area (Å²) in [6, 6.07) is 6.04. The number of carbonyl (C=O) groups excluding carboxylic acids is 1. The Kier molecular flexibility index (Phi) is 4.03. The van der Waals surface area contributed by atoms with Crippen molar-refractivity contribution >= 4 is 39.1 Å². The van der Waals surface area contributed by atoms with Crippen LogP contribution in [0.3, 0.4) is 0 Å². The van der Waals surface area contributed by atoms with E-state index in [4.69, 9.17) is 23.2 Å². The fraction of sp³-hybridized carbons (Fsp3) is 0.0909. The van der Waals surface area contributed by atoms with Crippen LogP contribution >= 0.6 is 23.2 Å². The third kappa shape index (κ3) is 3.12. The zero-order chi connectivity index (χ0) is 14.9. The number of H-pyrrole nitrogens is 1. The minimum atomic E-state index is -3.97. The molecule has 2 rings (SSSR count). The highest BCUT2D eigenvalue weighted by Crippen LogP contribution is 2.18. The molecule has 0 aliphatic heterocycles. The molecule has 0 aliphatic rings. The first-order chi connectivity index (χ1) is 9.29. The second-order valence-corrected chi connectivity index (χ2v) is 6.36. The number of sulfonamides is 1. The maximum absolute atomic E-state index is 12.0. The molecule has 1 aromatic heterocycles. The number of aromatic nitrogens is 2. The van der Waals surface area contributed by atoms with Crippen LogP contribution in [-0.4, -0.2) is 24.3 Å². The molecule has 0 aliphatic carbocycles. The van der Waals surface area contributed by atoms with E-state index < -0.39 is 15.9 Å². The monoisotopic (exact) mass is 333 g/mol. The van der Waals surface area contributed by atoms with Crippen LogP contribution in [0, 0.1) is 6.92 Å². The normalized spacial score (nSPS) is 11.3. The van der Waals surface area contributed by atoms with Crippen molar-refractivity contribution in [1.29, 1.82) is 0 Å². The summed E-state index contributed by atoms with van der Waals surface area (Å²) in [6.45, 7) is 1.82. The highest BCUT2D eigenvalue weighted by atomic mass is 35.5. The second-order valence-electron chi connectivity index (χ2n) is 3.94. The van der Waals surface area contributed by atoms with E-state index in [1.807, 2.05) is 11.6 Å². The van der Waals surface area contributed by atoms with E-state index in [1.54, 1.807) is 12.1 Å². The molecule has 0 saturated heterocycles. The molecule has 0 spiro atoms. The van der Waals surface area contributed by atoms with Crippen LogP contribution in [0.25, 0.3) is 0 Å². The van der Waals surface area contributed by atoms with Gasteiger partial charge in [-0.05, 0) is 19.1 Å².